The second-order valence-electron chi connectivity index (χ2n) is 17.1. The van der Waals surface area contributed by atoms with Gasteiger partial charge in [-0.1, -0.05) is 42.5 Å². The number of methoxy groups -OCH3 is 3. The number of hydrogen-bond donors (Lipinski definition) is 1. The van der Waals surface area contributed by atoms with Crippen molar-refractivity contribution in [3.05, 3.63) is 120 Å². The zero-order chi connectivity index (χ0) is 48.4. The van der Waals surface area contributed by atoms with E-state index in [2.05, 4.69) is 25.8 Å². The van der Waals surface area contributed by atoms with Gasteiger partial charge in [0.25, 0.3) is 0 Å². The maximum atomic E-state index is 16.2. The smallest absolute Gasteiger partial charge is 0.410 e. The molecular formula is C47H51N9O10S2. The van der Waals surface area contributed by atoms with Crippen molar-refractivity contribution in [3.8, 4) is 39.8 Å². The molecular weight excluding hydrogens is 915 g/mol. The fourth-order valence-electron chi connectivity index (χ4n) is 7.84. The first-order valence-electron chi connectivity index (χ1n) is 21.5. The summed E-state index contributed by atoms with van der Waals surface area (Å²) in [5, 5.41) is 14.3. The Morgan fingerprint density at radius 3 is 1.90 bits per heavy atom. The molecule has 3 amide bonds. The quantitative estimate of drug-likeness (QED) is 0.122. The Bertz CT molecular complexity index is 2980. The second-order valence-corrected chi connectivity index (χ2v) is 21.2. The summed E-state index contributed by atoms with van der Waals surface area (Å²) < 4.78 is 87.3. The van der Waals surface area contributed by atoms with Crippen molar-refractivity contribution < 1.29 is 45.4 Å². The maximum absolute atomic E-state index is 16.2. The van der Waals surface area contributed by atoms with Crippen LogP contribution in [0, 0.1) is 0 Å². The Morgan fingerprint density at radius 1 is 0.794 bits per heavy atom. The van der Waals surface area contributed by atoms with Crippen LogP contribution in [-0.2, 0) is 44.2 Å². The van der Waals surface area contributed by atoms with Gasteiger partial charge in [0.2, 0.25) is 10.0 Å². The number of likely N-dealkylation sites (tertiary alicyclic amines) is 1. The van der Waals surface area contributed by atoms with Gasteiger partial charge >= 0.3 is 12.1 Å². The highest BCUT2D eigenvalue weighted by Gasteiger charge is 2.46. The number of nitrogens with zero attached hydrogens (tertiary/aromatic N) is 8. The summed E-state index contributed by atoms with van der Waals surface area (Å²) in [6, 6.07) is 26.6. The number of urea groups is 1. The van der Waals surface area contributed by atoms with Crippen molar-refractivity contribution in [2.45, 2.75) is 61.0 Å². The van der Waals surface area contributed by atoms with E-state index in [0.29, 0.717) is 47.0 Å². The summed E-state index contributed by atoms with van der Waals surface area (Å²) in [6.07, 6.45) is 0.786. The lowest BCUT2D eigenvalue weighted by molar-refractivity contribution is 0.0139. The fraction of sp³-hybridized carbons (Fsp3) is 0.319. The molecule has 19 nitrogen and oxygen atoms in total. The van der Waals surface area contributed by atoms with Gasteiger partial charge in [-0.25, -0.2) is 36.1 Å². The minimum Gasteiger partial charge on any atom is -0.497 e. The minimum absolute atomic E-state index is 0.0344. The highest BCUT2D eigenvalue weighted by molar-refractivity contribution is 7.94. The normalized spacial score (nSPS) is 14.4. The molecule has 2 aromatic heterocycles. The van der Waals surface area contributed by atoms with Crippen LogP contribution >= 0.6 is 0 Å². The van der Waals surface area contributed by atoms with Crippen molar-refractivity contribution in [2.75, 3.05) is 52.4 Å². The number of rotatable bonds is 16. The fourth-order valence-corrected chi connectivity index (χ4v) is 11.9. The van der Waals surface area contributed by atoms with Crippen LogP contribution in [0.25, 0.3) is 22.5 Å². The van der Waals surface area contributed by atoms with Crippen LogP contribution in [0.1, 0.15) is 37.5 Å². The number of benzene rings is 4. The van der Waals surface area contributed by atoms with E-state index in [-0.39, 0.29) is 61.5 Å². The molecule has 1 N–H and O–H groups in total. The van der Waals surface area contributed by atoms with Crippen LogP contribution in [0.3, 0.4) is 0 Å². The molecule has 0 spiro atoms. The average Bonchev–Trinajstić information content (AvgIpc) is 3.96. The molecule has 0 radical (unpaired) electrons. The second kappa shape index (κ2) is 19.2. The van der Waals surface area contributed by atoms with E-state index in [1.54, 1.807) is 113 Å². The van der Waals surface area contributed by atoms with E-state index in [1.165, 1.54) is 51.3 Å². The summed E-state index contributed by atoms with van der Waals surface area (Å²) in [5.41, 5.74) is 1.53. The predicted molar refractivity (Wildman–Crippen MR) is 251 cm³/mol. The van der Waals surface area contributed by atoms with Crippen LogP contribution in [0.15, 0.2) is 113 Å². The highest BCUT2D eigenvalue weighted by atomic mass is 32.2. The van der Waals surface area contributed by atoms with Gasteiger partial charge in [0.1, 0.15) is 38.8 Å². The van der Waals surface area contributed by atoms with E-state index in [9.17, 15) is 9.59 Å². The van der Waals surface area contributed by atoms with Crippen LogP contribution in [0.4, 0.5) is 15.4 Å². The number of carbonyl (C=O) groups excluding carboxylic acids is 2. The third-order valence-corrected chi connectivity index (χ3v) is 15.6. The lowest BCUT2D eigenvalue weighted by Gasteiger charge is -2.39. The predicted octanol–water partition coefficient (Wildman–Crippen LogP) is 5.79. The summed E-state index contributed by atoms with van der Waals surface area (Å²) >= 11 is 0. The Hall–Kier alpha value is -7.10. The first kappa shape index (κ1) is 47.4. The average molecular weight is 966 g/mol. The van der Waals surface area contributed by atoms with Crippen molar-refractivity contribution in [2.24, 2.45) is 0 Å². The Labute approximate surface area is 394 Å². The van der Waals surface area contributed by atoms with E-state index >= 15 is 16.8 Å². The first-order chi connectivity index (χ1) is 32.5. The molecule has 0 aliphatic carbocycles. The number of aromatic nitrogens is 5. The van der Waals surface area contributed by atoms with Gasteiger partial charge in [0.15, 0.2) is 15.7 Å². The van der Waals surface area contributed by atoms with Crippen LogP contribution in [0.5, 0.6) is 17.2 Å². The molecule has 68 heavy (non-hydrogen) atoms. The molecule has 2 aliphatic heterocycles. The van der Waals surface area contributed by atoms with Gasteiger partial charge in [0.05, 0.1) is 38.3 Å². The number of pyridine rings is 1. The standard InChI is InChI=1S/C47H51N9O10S2/c1-47(2,3)66-46(58)53-29-38(30-53)67(59,60)40-20-19-39(34-21-22-48-41(25-34)55-24-23-49-45(55)57)42(44-50-51-52-56(44)28-33-11-17-37(65-6)18-12-33)43(40)68(61,62)54(26-31-7-13-35(63-4)14-8-31)27-32-9-15-36(64-5)16-10-32/h7-22,25,38H,23-24,26-30H2,1-6H3,(H,49,57). The van der Waals surface area contributed by atoms with Gasteiger partial charge in [-0.05, 0) is 114 Å². The van der Waals surface area contributed by atoms with Gasteiger partial charge in [-0.3, -0.25) is 4.90 Å². The molecule has 2 saturated heterocycles. The lowest BCUT2D eigenvalue weighted by Crippen LogP contribution is -2.57. The number of anilines is 1. The van der Waals surface area contributed by atoms with Gasteiger partial charge in [-0.15, -0.1) is 5.10 Å². The number of amides is 3. The number of sulfone groups is 1. The largest absolute Gasteiger partial charge is 0.497 e. The molecule has 4 aromatic carbocycles. The first-order valence-corrected chi connectivity index (χ1v) is 24.5. The Balaban J connectivity index is 1.38. The number of hydrogen-bond acceptors (Lipinski definition) is 14. The third-order valence-electron chi connectivity index (χ3n) is 11.4. The van der Waals surface area contributed by atoms with Crippen molar-refractivity contribution >= 4 is 37.8 Å². The number of carbonyl (C=O) groups is 2. The summed E-state index contributed by atoms with van der Waals surface area (Å²) in [4.78, 5) is 32.1. The molecule has 6 aromatic rings. The molecule has 0 atom stereocenters. The maximum Gasteiger partial charge on any atom is 0.410 e. The van der Waals surface area contributed by atoms with E-state index in [4.69, 9.17) is 18.9 Å². The molecule has 0 unspecified atom stereocenters. The van der Waals surface area contributed by atoms with E-state index in [1.807, 2.05) is 0 Å². The van der Waals surface area contributed by atoms with Crippen LogP contribution in [-0.4, -0.2) is 122 Å². The topological polar surface area (TPSA) is 218 Å². The molecule has 0 saturated carbocycles. The third kappa shape index (κ3) is 9.95. The molecule has 2 fully saturated rings. The highest BCUT2D eigenvalue weighted by Crippen LogP contribution is 2.44. The van der Waals surface area contributed by atoms with Crippen LogP contribution in [0.2, 0.25) is 0 Å². The minimum atomic E-state index is -4.96. The molecule has 356 valence electrons. The number of ether oxygens (including phenoxy) is 4. The van der Waals surface area contributed by atoms with E-state index < -0.39 is 46.6 Å². The summed E-state index contributed by atoms with van der Waals surface area (Å²) in [6.45, 7) is 4.93. The zero-order valence-electron chi connectivity index (χ0n) is 38.3. The molecule has 4 heterocycles. The summed E-state index contributed by atoms with van der Waals surface area (Å²) in [7, 11) is -4.97. The van der Waals surface area contributed by atoms with Crippen molar-refractivity contribution in [1.29, 1.82) is 0 Å². The zero-order valence-corrected chi connectivity index (χ0v) is 40.0. The van der Waals surface area contributed by atoms with Gasteiger partial charge in [-0.2, -0.15) is 4.31 Å². The number of tetrazole rings is 1. The Morgan fingerprint density at radius 2 is 1.37 bits per heavy atom. The lowest BCUT2D eigenvalue weighted by atomic mass is 9.99. The van der Waals surface area contributed by atoms with Crippen LogP contribution < -0.4 is 24.4 Å². The summed E-state index contributed by atoms with van der Waals surface area (Å²) in [5.74, 6) is 1.92. The van der Waals surface area contributed by atoms with Crippen molar-refractivity contribution in [3.63, 3.8) is 0 Å². The Kier molecular flexibility index (Phi) is 13.4. The molecule has 2 aliphatic rings. The SMILES string of the molecule is COc1ccc(CN(Cc2ccc(OC)cc2)S(=O)(=O)c2c(S(=O)(=O)C3CN(C(=O)OC(C)(C)C)C3)ccc(-c3ccnc(N4CCNC4=O)c3)c2-c2nnnn2Cc2ccc(OC)cc2)cc1. The van der Waals surface area contributed by atoms with Gasteiger partial charge in [0, 0.05) is 45.5 Å². The monoisotopic (exact) mass is 965 g/mol. The molecule has 21 heteroatoms. The molecule has 8 rings (SSSR count). The van der Waals surface area contributed by atoms with E-state index in [0.717, 1.165) is 5.56 Å². The molecule has 0 bridgehead atoms. The van der Waals surface area contributed by atoms with Gasteiger partial charge < -0.3 is 29.2 Å². The number of sulfonamides is 1. The van der Waals surface area contributed by atoms with Crippen molar-refractivity contribution in [1.82, 2.24) is 39.7 Å². The number of nitrogens with one attached hydrogen (secondary N) is 1.